The van der Waals surface area contributed by atoms with E-state index in [2.05, 4.69) is 5.32 Å². The van der Waals surface area contributed by atoms with Crippen molar-refractivity contribution < 1.29 is 34.1 Å². The van der Waals surface area contributed by atoms with Gasteiger partial charge in [0, 0.05) is 18.5 Å². The van der Waals surface area contributed by atoms with Gasteiger partial charge in [-0.1, -0.05) is 13.3 Å². The maximum Gasteiger partial charge on any atom is 0.407 e. The molecular formula is C18H29NO7. The summed E-state index contributed by atoms with van der Waals surface area (Å²) in [6.07, 6.45) is 2.70. The van der Waals surface area contributed by atoms with E-state index in [1.807, 2.05) is 0 Å². The molecule has 0 radical (unpaired) electrons. The molecule has 0 aliphatic carbocycles. The van der Waals surface area contributed by atoms with Crippen LogP contribution in [-0.2, 0) is 19.1 Å². The average molecular weight is 371 g/mol. The van der Waals surface area contributed by atoms with Gasteiger partial charge in [0.2, 0.25) is 0 Å². The second-order valence-corrected chi connectivity index (χ2v) is 6.96. The third kappa shape index (κ3) is 10.5. The molecule has 0 rings (SSSR count). The minimum absolute atomic E-state index is 0.260. The zero-order valence-electron chi connectivity index (χ0n) is 15.8. The Labute approximate surface area is 153 Å². The maximum atomic E-state index is 12.0. The van der Waals surface area contributed by atoms with Crippen molar-refractivity contribution in [2.75, 3.05) is 6.54 Å². The fourth-order valence-corrected chi connectivity index (χ4v) is 2.45. The number of carbonyl (C=O) groups excluding carboxylic acids is 2. The van der Waals surface area contributed by atoms with Gasteiger partial charge in [-0.05, 0) is 46.1 Å². The quantitative estimate of drug-likeness (QED) is 0.376. The predicted octanol–water partition coefficient (Wildman–Crippen LogP) is 2.62. The van der Waals surface area contributed by atoms with E-state index in [9.17, 15) is 24.3 Å². The lowest BCUT2D eigenvalue weighted by Crippen LogP contribution is -2.33. The fraction of sp³-hybridized carbons (Fsp3) is 0.667. The Bertz CT molecular complexity index is 534. The normalized spacial score (nSPS) is 13.8. The van der Waals surface area contributed by atoms with Crippen LogP contribution in [0.5, 0.6) is 0 Å². The first-order chi connectivity index (χ1) is 12.0. The maximum absolute atomic E-state index is 12.0. The highest BCUT2D eigenvalue weighted by Crippen LogP contribution is 2.24. The summed E-state index contributed by atoms with van der Waals surface area (Å²) in [4.78, 5) is 45.5. The summed E-state index contributed by atoms with van der Waals surface area (Å²) in [5.74, 6) is -4.52. The topological polar surface area (TPSA) is 130 Å². The van der Waals surface area contributed by atoms with Gasteiger partial charge >= 0.3 is 18.0 Å². The smallest absolute Gasteiger partial charge is 0.407 e. The van der Waals surface area contributed by atoms with Crippen LogP contribution in [0.25, 0.3) is 0 Å². The first-order valence-corrected chi connectivity index (χ1v) is 8.62. The van der Waals surface area contributed by atoms with Crippen LogP contribution in [0.3, 0.4) is 0 Å². The Balaban J connectivity index is 4.51. The van der Waals surface area contributed by atoms with E-state index >= 15 is 0 Å². The second-order valence-electron chi connectivity index (χ2n) is 6.96. The highest BCUT2D eigenvalue weighted by atomic mass is 16.6. The van der Waals surface area contributed by atoms with Crippen molar-refractivity contribution in [2.45, 2.75) is 59.0 Å². The van der Waals surface area contributed by atoms with E-state index in [0.717, 1.165) is 6.08 Å². The number of ether oxygens (including phenoxy) is 1. The van der Waals surface area contributed by atoms with E-state index in [-0.39, 0.29) is 6.42 Å². The van der Waals surface area contributed by atoms with Gasteiger partial charge in [0.05, 0.1) is 5.92 Å². The molecule has 1 unspecified atom stereocenters. The standard InChI is InChI=1S/C18H29NO7/c1-5-12(14(20)9-10-15(21)22)13(16(23)24)8-6-7-11-19-17(25)26-18(2,3)4/h9-10,12-13H,5-8,11H2,1-4H3,(H,19,25)(H,21,22)(H,23,24)/b10-9-/t12?,13-/m1/s1. The molecule has 0 spiro atoms. The van der Waals surface area contributed by atoms with Gasteiger partial charge in [-0.25, -0.2) is 9.59 Å². The number of hydrogen-bond donors (Lipinski definition) is 3. The molecule has 26 heavy (non-hydrogen) atoms. The third-order valence-corrected chi connectivity index (χ3v) is 3.61. The summed E-state index contributed by atoms with van der Waals surface area (Å²) < 4.78 is 5.09. The van der Waals surface area contributed by atoms with Crippen LogP contribution in [0.4, 0.5) is 4.79 Å². The largest absolute Gasteiger partial charge is 0.481 e. The molecule has 8 nitrogen and oxygen atoms in total. The number of carboxylic acids is 2. The van der Waals surface area contributed by atoms with Crippen LogP contribution in [0.1, 0.15) is 53.4 Å². The molecule has 0 aromatic heterocycles. The Kier molecular flexibility index (Phi) is 10.2. The number of carboxylic acid groups (broad SMARTS) is 2. The highest BCUT2D eigenvalue weighted by molar-refractivity contribution is 5.98. The van der Waals surface area contributed by atoms with Crippen LogP contribution in [0.15, 0.2) is 12.2 Å². The lowest BCUT2D eigenvalue weighted by molar-refractivity contribution is -0.146. The van der Waals surface area contributed by atoms with E-state index in [0.29, 0.717) is 31.9 Å². The summed E-state index contributed by atoms with van der Waals surface area (Å²) in [7, 11) is 0. The highest BCUT2D eigenvalue weighted by Gasteiger charge is 2.30. The summed E-state index contributed by atoms with van der Waals surface area (Å²) >= 11 is 0. The number of nitrogens with one attached hydrogen (secondary N) is 1. The minimum Gasteiger partial charge on any atom is -0.481 e. The van der Waals surface area contributed by atoms with Crippen LogP contribution in [0.2, 0.25) is 0 Å². The molecule has 0 heterocycles. The number of allylic oxidation sites excluding steroid dienone is 1. The van der Waals surface area contributed by atoms with Crippen LogP contribution in [-0.4, -0.2) is 46.2 Å². The number of hydrogen-bond acceptors (Lipinski definition) is 5. The molecular weight excluding hydrogens is 342 g/mol. The zero-order valence-corrected chi connectivity index (χ0v) is 15.8. The summed E-state index contributed by atoms with van der Waals surface area (Å²) in [5, 5.41) is 20.6. The van der Waals surface area contributed by atoms with Crippen molar-refractivity contribution in [3.63, 3.8) is 0 Å². The molecule has 0 bridgehead atoms. The van der Waals surface area contributed by atoms with Gasteiger partial charge in [-0.15, -0.1) is 0 Å². The number of rotatable bonds is 11. The number of ketones is 1. The van der Waals surface area contributed by atoms with Gasteiger partial charge < -0.3 is 20.3 Å². The fourth-order valence-electron chi connectivity index (χ4n) is 2.45. The molecule has 0 saturated heterocycles. The van der Waals surface area contributed by atoms with E-state index in [4.69, 9.17) is 9.84 Å². The van der Waals surface area contributed by atoms with Crippen molar-refractivity contribution >= 4 is 23.8 Å². The molecule has 3 N–H and O–H groups in total. The molecule has 0 fully saturated rings. The minimum atomic E-state index is -1.26. The van der Waals surface area contributed by atoms with E-state index in [1.54, 1.807) is 27.7 Å². The molecule has 0 aromatic rings. The molecule has 0 saturated carbocycles. The Morgan fingerprint density at radius 3 is 2.12 bits per heavy atom. The predicted molar refractivity (Wildman–Crippen MR) is 94.8 cm³/mol. The van der Waals surface area contributed by atoms with Gasteiger partial charge in [-0.2, -0.15) is 0 Å². The van der Waals surface area contributed by atoms with Crippen LogP contribution >= 0.6 is 0 Å². The number of carbonyl (C=O) groups is 4. The Morgan fingerprint density at radius 2 is 1.65 bits per heavy atom. The number of alkyl carbamates (subject to hydrolysis) is 1. The second kappa shape index (κ2) is 11.3. The van der Waals surface area contributed by atoms with Crippen molar-refractivity contribution in [3.8, 4) is 0 Å². The summed E-state index contributed by atoms with van der Waals surface area (Å²) in [5.41, 5.74) is -0.587. The summed E-state index contributed by atoms with van der Waals surface area (Å²) in [6.45, 7) is 7.29. The molecule has 0 aliphatic rings. The SMILES string of the molecule is CCC(C(=O)/C=C\C(=O)O)[C@@H](CCCCNC(=O)OC(C)(C)C)C(=O)O. The number of aliphatic carboxylic acids is 2. The van der Waals surface area contributed by atoms with Gasteiger partial charge in [0.25, 0.3) is 0 Å². The molecule has 0 aliphatic heterocycles. The lowest BCUT2D eigenvalue weighted by atomic mass is 9.83. The van der Waals surface area contributed by atoms with Gasteiger partial charge in [0.15, 0.2) is 5.78 Å². The zero-order chi connectivity index (χ0) is 20.3. The monoisotopic (exact) mass is 371 g/mol. The lowest BCUT2D eigenvalue weighted by Gasteiger charge is -2.21. The first kappa shape index (κ1) is 23.6. The summed E-state index contributed by atoms with van der Waals surface area (Å²) in [6, 6.07) is 0. The van der Waals surface area contributed by atoms with Crippen molar-refractivity contribution in [1.82, 2.24) is 5.32 Å². The van der Waals surface area contributed by atoms with Crippen molar-refractivity contribution in [1.29, 1.82) is 0 Å². The van der Waals surface area contributed by atoms with E-state index < -0.39 is 41.3 Å². The van der Waals surface area contributed by atoms with Crippen LogP contribution < -0.4 is 5.32 Å². The number of unbranched alkanes of at least 4 members (excludes halogenated alkanes) is 1. The van der Waals surface area contributed by atoms with Crippen LogP contribution in [0, 0.1) is 11.8 Å². The molecule has 148 valence electrons. The van der Waals surface area contributed by atoms with Gasteiger partial charge in [-0.3, -0.25) is 9.59 Å². The molecule has 8 heteroatoms. The Hall–Kier alpha value is -2.38. The van der Waals surface area contributed by atoms with Crippen molar-refractivity contribution in [3.05, 3.63) is 12.2 Å². The molecule has 0 aromatic carbocycles. The molecule has 1 amide bonds. The van der Waals surface area contributed by atoms with E-state index in [1.165, 1.54) is 0 Å². The average Bonchev–Trinajstić information content (AvgIpc) is 2.49. The third-order valence-electron chi connectivity index (χ3n) is 3.61. The first-order valence-electron chi connectivity index (χ1n) is 8.62. The molecule has 2 atom stereocenters. The van der Waals surface area contributed by atoms with Gasteiger partial charge in [0.1, 0.15) is 5.60 Å². The van der Waals surface area contributed by atoms with Crippen molar-refractivity contribution in [2.24, 2.45) is 11.8 Å². The Morgan fingerprint density at radius 1 is 1.04 bits per heavy atom. The number of amides is 1.